The minimum atomic E-state index is -1.21. The molecule has 0 aromatic rings. The first-order valence-corrected chi connectivity index (χ1v) is 9.79. The summed E-state index contributed by atoms with van der Waals surface area (Å²) in [5.74, 6) is -2.21. The van der Waals surface area contributed by atoms with E-state index >= 15 is 0 Å². The number of alkyl halides is 1. The van der Waals surface area contributed by atoms with Gasteiger partial charge in [0.1, 0.15) is 9.46 Å². The van der Waals surface area contributed by atoms with E-state index in [1.807, 2.05) is 67.8 Å². The number of rotatable bonds is 5. The molecule has 0 fully saturated rings. The predicted molar refractivity (Wildman–Crippen MR) is 110 cm³/mol. The van der Waals surface area contributed by atoms with Gasteiger partial charge in [0.05, 0.1) is 5.57 Å². The third kappa shape index (κ3) is 5.51. The molecule has 2 atom stereocenters. The van der Waals surface area contributed by atoms with Crippen molar-refractivity contribution in [3.05, 3.63) is 18.8 Å². The van der Waals surface area contributed by atoms with E-state index in [0.29, 0.717) is 7.16 Å². The zero-order chi connectivity index (χ0) is 17.9. The van der Waals surface area contributed by atoms with Gasteiger partial charge in [-0.1, -0.05) is 0 Å². The van der Waals surface area contributed by atoms with Crippen molar-refractivity contribution in [2.24, 2.45) is 5.92 Å². The number of carbonyl (C=O) groups is 4. The highest BCUT2D eigenvalue weighted by molar-refractivity contribution is 14.1. The van der Waals surface area contributed by atoms with Gasteiger partial charge in [0.25, 0.3) is 11.1 Å². The molecule has 0 aromatic carbocycles. The van der Waals surface area contributed by atoms with Gasteiger partial charge in [-0.25, -0.2) is 0 Å². The quantitative estimate of drug-likeness (QED) is 0.157. The predicted octanol–water partition coefficient (Wildman–Crippen LogP) is 2.97. The van der Waals surface area contributed by atoms with Crippen LogP contribution in [0.3, 0.4) is 0 Å². The van der Waals surface area contributed by atoms with Crippen molar-refractivity contribution in [2.45, 2.75) is 10.5 Å². The van der Waals surface area contributed by atoms with E-state index in [1.54, 1.807) is 0 Å². The number of hydrogen-bond acceptors (Lipinski definition) is 5. The molecule has 0 saturated heterocycles. The number of ether oxygens (including phenoxy) is 1. The molecule has 0 radical (unpaired) electrons. The second-order valence-electron chi connectivity index (χ2n) is 4.32. The Kier molecular flexibility index (Phi) is 8.22. The van der Waals surface area contributed by atoms with Crippen molar-refractivity contribution in [1.29, 1.82) is 0 Å². The highest BCUT2D eigenvalue weighted by Gasteiger charge is 2.47. The molecule has 6 nitrogen and oxygen atoms in total. The normalized spacial score (nSPS) is 23.9. The third-order valence-corrected chi connectivity index (χ3v) is 6.27. The van der Waals surface area contributed by atoms with E-state index in [4.69, 9.17) is 23.2 Å². The van der Waals surface area contributed by atoms with Gasteiger partial charge < -0.3 is 10.1 Å². The maximum absolute atomic E-state index is 11.9. The van der Waals surface area contributed by atoms with Gasteiger partial charge in [-0.2, -0.15) is 0 Å². The van der Waals surface area contributed by atoms with E-state index in [0.717, 1.165) is 0 Å². The summed E-state index contributed by atoms with van der Waals surface area (Å²) in [5, 5.41) is 1.12. The number of esters is 1. The molecule has 126 valence electrons. The van der Waals surface area contributed by atoms with Crippen LogP contribution in [0.15, 0.2) is 18.8 Å². The molecule has 0 spiro atoms. The molecule has 1 aliphatic carbocycles. The summed E-state index contributed by atoms with van der Waals surface area (Å²) in [6, 6.07) is 0. The van der Waals surface area contributed by atoms with Crippen LogP contribution < -0.4 is 5.32 Å². The fourth-order valence-electron chi connectivity index (χ4n) is 1.76. The van der Waals surface area contributed by atoms with E-state index in [1.165, 1.54) is 13.0 Å². The lowest BCUT2D eigenvalue weighted by atomic mass is 9.92. The molecule has 0 heterocycles. The summed E-state index contributed by atoms with van der Waals surface area (Å²) in [7, 11) is 0. The summed E-state index contributed by atoms with van der Waals surface area (Å²) in [6.45, 7) is 0.682. The molecule has 0 saturated carbocycles. The van der Waals surface area contributed by atoms with Crippen molar-refractivity contribution in [3.63, 3.8) is 0 Å². The Hall–Kier alpha value is 0.530. The number of carbonyl (C=O) groups excluding carboxylic acids is 4. The van der Waals surface area contributed by atoms with Crippen LogP contribution in [0.4, 0.5) is 0 Å². The summed E-state index contributed by atoms with van der Waals surface area (Å²) in [5.41, 5.74) is 0.174. The molecule has 23 heavy (non-hydrogen) atoms. The SMILES string of the molecule is CC(=O)OCC(=O)NC1(I)C=C(I)C(C(=O)Cl)=C(I)C1C(=O)Cl. The van der Waals surface area contributed by atoms with Crippen LogP contribution in [-0.4, -0.2) is 32.5 Å². The lowest BCUT2D eigenvalue weighted by Gasteiger charge is -2.36. The number of halogens is 5. The summed E-state index contributed by atoms with van der Waals surface area (Å²) < 4.78 is 4.21. The molecule has 0 aliphatic heterocycles. The standard InChI is InChI=1S/C12H8Cl2I3NO5/c1-4(19)23-3-6(20)18-12(17)2-5(15)7(10(13)21)9(16)8(12)11(14)22/h2,8H,3H2,1H3,(H,18,20). The molecular weight excluding hydrogens is 690 g/mol. The van der Waals surface area contributed by atoms with Gasteiger partial charge >= 0.3 is 5.97 Å². The van der Waals surface area contributed by atoms with E-state index in [9.17, 15) is 19.2 Å². The van der Waals surface area contributed by atoms with Crippen molar-refractivity contribution in [3.8, 4) is 0 Å². The zero-order valence-electron chi connectivity index (χ0n) is 11.3. The van der Waals surface area contributed by atoms with Crippen LogP contribution in [0, 0.1) is 5.92 Å². The van der Waals surface area contributed by atoms with Gasteiger partial charge in [-0.3, -0.25) is 19.2 Å². The first-order valence-electron chi connectivity index (χ1n) is 5.80. The first-order chi connectivity index (χ1) is 10.5. The number of nitrogens with one attached hydrogen (secondary N) is 1. The molecule has 1 rings (SSSR count). The number of amides is 1. The Morgan fingerprint density at radius 2 is 1.87 bits per heavy atom. The second-order valence-corrected chi connectivity index (χ2v) is 9.15. The van der Waals surface area contributed by atoms with Crippen LogP contribution in [-0.2, 0) is 23.9 Å². The Morgan fingerprint density at radius 1 is 1.30 bits per heavy atom. The molecule has 2 unspecified atom stereocenters. The minimum absolute atomic E-state index is 0.174. The number of allylic oxidation sites excluding steroid dienone is 2. The average Bonchev–Trinajstić information content (AvgIpc) is 2.33. The van der Waals surface area contributed by atoms with Gasteiger partial charge in [0.2, 0.25) is 5.24 Å². The lowest BCUT2D eigenvalue weighted by Crippen LogP contribution is -2.52. The van der Waals surface area contributed by atoms with E-state index < -0.39 is 38.4 Å². The van der Waals surface area contributed by atoms with Crippen molar-refractivity contribution < 1.29 is 23.9 Å². The van der Waals surface area contributed by atoms with Crippen LogP contribution in [0.5, 0.6) is 0 Å². The van der Waals surface area contributed by atoms with Gasteiger partial charge in [-0.15, -0.1) is 0 Å². The van der Waals surface area contributed by atoms with Crippen LogP contribution in [0.1, 0.15) is 6.92 Å². The topological polar surface area (TPSA) is 89.5 Å². The van der Waals surface area contributed by atoms with Crippen molar-refractivity contribution in [2.75, 3.05) is 6.61 Å². The Labute approximate surface area is 182 Å². The Balaban J connectivity index is 3.19. The minimum Gasteiger partial charge on any atom is -0.456 e. The van der Waals surface area contributed by atoms with Gasteiger partial charge in [0, 0.05) is 14.1 Å². The highest BCUT2D eigenvalue weighted by Crippen LogP contribution is 2.47. The first kappa shape index (κ1) is 21.6. The molecule has 0 aromatic heterocycles. The molecule has 0 bridgehead atoms. The number of hydrogen-bond donors (Lipinski definition) is 1. The van der Waals surface area contributed by atoms with Crippen LogP contribution in [0.25, 0.3) is 0 Å². The second kappa shape index (κ2) is 8.76. The van der Waals surface area contributed by atoms with E-state index in [-0.39, 0.29) is 5.57 Å². The molecular formula is C12H8Cl2I3NO5. The molecule has 11 heteroatoms. The fourth-order valence-corrected chi connectivity index (χ4v) is 8.18. The molecule has 1 amide bonds. The fraction of sp³-hybridized carbons (Fsp3) is 0.333. The van der Waals surface area contributed by atoms with Gasteiger partial charge in [-0.05, 0) is 97.1 Å². The Bertz CT molecular complexity index is 649. The molecule has 1 aliphatic rings. The average molecular weight is 698 g/mol. The Morgan fingerprint density at radius 3 is 2.30 bits per heavy atom. The monoisotopic (exact) mass is 697 g/mol. The van der Waals surface area contributed by atoms with Crippen molar-refractivity contribution >= 4 is 113 Å². The third-order valence-electron chi connectivity index (χ3n) is 2.65. The maximum atomic E-state index is 11.9. The van der Waals surface area contributed by atoms with Crippen LogP contribution in [0.2, 0.25) is 0 Å². The van der Waals surface area contributed by atoms with Crippen LogP contribution >= 0.6 is 91.0 Å². The smallest absolute Gasteiger partial charge is 0.303 e. The summed E-state index contributed by atoms with van der Waals surface area (Å²) in [6.07, 6.45) is 1.52. The molecule has 1 N–H and O–H groups in total. The largest absolute Gasteiger partial charge is 0.456 e. The maximum Gasteiger partial charge on any atom is 0.303 e. The highest BCUT2D eigenvalue weighted by atomic mass is 127. The lowest BCUT2D eigenvalue weighted by molar-refractivity contribution is -0.146. The van der Waals surface area contributed by atoms with Crippen molar-refractivity contribution in [1.82, 2.24) is 5.32 Å². The summed E-state index contributed by atoms with van der Waals surface area (Å²) in [4.78, 5) is 46.1. The summed E-state index contributed by atoms with van der Waals surface area (Å²) >= 11 is 16.8. The van der Waals surface area contributed by atoms with Gasteiger partial charge in [0.15, 0.2) is 6.61 Å². The van der Waals surface area contributed by atoms with E-state index in [2.05, 4.69) is 10.1 Å². The zero-order valence-corrected chi connectivity index (χ0v) is 19.3.